The number of aromatic nitrogens is 3. The summed E-state index contributed by atoms with van der Waals surface area (Å²) in [4.78, 5) is 9.00. The molecule has 25 heavy (non-hydrogen) atoms. The molecule has 0 bridgehead atoms. The first-order chi connectivity index (χ1) is 12.1. The van der Waals surface area contributed by atoms with Gasteiger partial charge < -0.3 is 5.32 Å². The monoisotopic (exact) mass is 368 g/mol. The van der Waals surface area contributed by atoms with E-state index < -0.39 is 0 Å². The highest BCUT2D eigenvalue weighted by atomic mass is 35.5. The van der Waals surface area contributed by atoms with Crippen molar-refractivity contribution in [2.75, 3.05) is 5.32 Å². The maximum absolute atomic E-state index is 6.26. The quantitative estimate of drug-likeness (QED) is 0.500. The molecule has 0 aliphatic rings. The van der Waals surface area contributed by atoms with Crippen LogP contribution >= 0.6 is 23.2 Å². The lowest BCUT2D eigenvalue weighted by atomic mass is 10.1. The summed E-state index contributed by atoms with van der Waals surface area (Å²) < 4.78 is 1.91. The Morgan fingerprint density at radius 3 is 2.60 bits per heavy atom. The van der Waals surface area contributed by atoms with Crippen molar-refractivity contribution < 1.29 is 0 Å². The van der Waals surface area contributed by atoms with Crippen molar-refractivity contribution in [3.05, 3.63) is 76.5 Å². The van der Waals surface area contributed by atoms with Gasteiger partial charge in [-0.2, -0.15) is 0 Å². The molecule has 2 aromatic carbocycles. The Labute approximate surface area is 155 Å². The third kappa shape index (κ3) is 3.06. The number of rotatable bonds is 3. The van der Waals surface area contributed by atoms with Gasteiger partial charge in [-0.05, 0) is 42.8 Å². The highest BCUT2D eigenvalue weighted by Crippen LogP contribution is 2.32. The van der Waals surface area contributed by atoms with E-state index in [2.05, 4.69) is 15.3 Å². The van der Waals surface area contributed by atoms with Crippen molar-refractivity contribution in [2.24, 2.45) is 0 Å². The topological polar surface area (TPSA) is 42.2 Å². The summed E-state index contributed by atoms with van der Waals surface area (Å²) in [7, 11) is 0. The van der Waals surface area contributed by atoms with Gasteiger partial charge in [-0.25, -0.2) is 9.97 Å². The van der Waals surface area contributed by atoms with Gasteiger partial charge >= 0.3 is 0 Å². The average molecular weight is 369 g/mol. The molecule has 0 saturated carbocycles. The molecule has 0 saturated heterocycles. The lowest BCUT2D eigenvalue weighted by molar-refractivity contribution is 1.11. The molecule has 2 aromatic heterocycles. The highest BCUT2D eigenvalue weighted by molar-refractivity contribution is 6.31. The molecule has 0 unspecified atom stereocenters. The summed E-state index contributed by atoms with van der Waals surface area (Å²) in [5.74, 6) is 1.44. The van der Waals surface area contributed by atoms with Gasteiger partial charge in [0, 0.05) is 33.7 Å². The fourth-order valence-corrected chi connectivity index (χ4v) is 2.93. The molecule has 0 radical (unpaired) electrons. The standard InChI is InChI=1S/C19H14Cl2N4/c1-12-3-8-15(11-16(12)21)23-18-17(13-4-6-14(20)7-5-13)24-19-22-9-2-10-25(18)19/h2-11,23H,1H3. The van der Waals surface area contributed by atoms with Crippen molar-refractivity contribution >= 4 is 40.5 Å². The van der Waals surface area contributed by atoms with Crippen LogP contribution in [-0.2, 0) is 0 Å². The molecule has 0 spiro atoms. The second-order valence-corrected chi connectivity index (χ2v) is 6.54. The average Bonchev–Trinajstić information content (AvgIpc) is 2.97. The van der Waals surface area contributed by atoms with Crippen molar-refractivity contribution in [2.45, 2.75) is 6.92 Å². The van der Waals surface area contributed by atoms with Gasteiger partial charge in [0.25, 0.3) is 0 Å². The molecular weight excluding hydrogens is 355 g/mol. The number of imidazole rings is 1. The van der Waals surface area contributed by atoms with E-state index in [1.807, 2.05) is 66.1 Å². The number of halogens is 2. The first-order valence-corrected chi connectivity index (χ1v) is 8.49. The molecule has 124 valence electrons. The first-order valence-electron chi connectivity index (χ1n) is 7.74. The molecule has 6 heteroatoms. The largest absolute Gasteiger partial charge is 0.339 e. The van der Waals surface area contributed by atoms with E-state index in [-0.39, 0.29) is 0 Å². The summed E-state index contributed by atoms with van der Waals surface area (Å²) in [5.41, 5.74) is 3.67. The highest BCUT2D eigenvalue weighted by Gasteiger charge is 2.15. The van der Waals surface area contributed by atoms with Crippen LogP contribution in [0.3, 0.4) is 0 Å². The molecule has 0 atom stereocenters. The number of hydrogen-bond acceptors (Lipinski definition) is 3. The molecule has 0 fully saturated rings. The molecule has 0 aliphatic heterocycles. The third-order valence-corrected chi connectivity index (χ3v) is 4.62. The molecule has 2 heterocycles. The fourth-order valence-electron chi connectivity index (χ4n) is 2.62. The van der Waals surface area contributed by atoms with Crippen LogP contribution < -0.4 is 5.32 Å². The molecule has 4 aromatic rings. The lowest BCUT2D eigenvalue weighted by Gasteiger charge is -2.10. The Morgan fingerprint density at radius 2 is 1.84 bits per heavy atom. The number of nitrogens with zero attached hydrogens (tertiary/aromatic N) is 3. The zero-order chi connectivity index (χ0) is 17.4. The second kappa shape index (κ2) is 6.39. The lowest BCUT2D eigenvalue weighted by Crippen LogP contribution is -1.97. The predicted octanol–water partition coefficient (Wildman–Crippen LogP) is 5.76. The van der Waals surface area contributed by atoms with Crippen LogP contribution in [0.1, 0.15) is 5.56 Å². The summed E-state index contributed by atoms with van der Waals surface area (Å²) in [6, 6.07) is 15.3. The van der Waals surface area contributed by atoms with E-state index in [4.69, 9.17) is 23.2 Å². The predicted molar refractivity (Wildman–Crippen MR) is 103 cm³/mol. The van der Waals surface area contributed by atoms with Gasteiger partial charge in [0.1, 0.15) is 11.5 Å². The van der Waals surface area contributed by atoms with E-state index in [1.165, 1.54) is 0 Å². The SMILES string of the molecule is Cc1ccc(Nc2c(-c3ccc(Cl)cc3)nc3ncccn23)cc1Cl. The van der Waals surface area contributed by atoms with Crippen LogP contribution in [0.5, 0.6) is 0 Å². The second-order valence-electron chi connectivity index (χ2n) is 5.69. The minimum absolute atomic E-state index is 0.619. The Hall–Kier alpha value is -2.56. The van der Waals surface area contributed by atoms with E-state index in [0.29, 0.717) is 15.8 Å². The van der Waals surface area contributed by atoms with Crippen LogP contribution in [0.4, 0.5) is 11.5 Å². The smallest absolute Gasteiger partial charge is 0.235 e. The molecule has 1 N–H and O–H groups in total. The van der Waals surface area contributed by atoms with Crippen molar-refractivity contribution in [3.63, 3.8) is 0 Å². The van der Waals surface area contributed by atoms with Gasteiger partial charge in [-0.3, -0.25) is 4.40 Å². The molecular formula is C19H14Cl2N4. The number of aryl methyl sites for hydroxylation is 1. The summed E-state index contributed by atoms with van der Waals surface area (Å²) in [6.07, 6.45) is 3.65. The van der Waals surface area contributed by atoms with Gasteiger partial charge in [0.15, 0.2) is 0 Å². The Balaban J connectivity index is 1.87. The van der Waals surface area contributed by atoms with Gasteiger partial charge in [-0.1, -0.05) is 41.4 Å². The summed E-state index contributed by atoms with van der Waals surface area (Å²) in [6.45, 7) is 1.98. The van der Waals surface area contributed by atoms with E-state index in [1.54, 1.807) is 6.20 Å². The van der Waals surface area contributed by atoms with Crippen molar-refractivity contribution in [1.82, 2.24) is 14.4 Å². The van der Waals surface area contributed by atoms with Crippen LogP contribution in [0.15, 0.2) is 60.9 Å². The minimum Gasteiger partial charge on any atom is -0.339 e. The zero-order valence-electron chi connectivity index (χ0n) is 13.4. The molecule has 0 amide bonds. The zero-order valence-corrected chi connectivity index (χ0v) is 14.9. The van der Waals surface area contributed by atoms with Crippen LogP contribution in [0.2, 0.25) is 10.0 Å². The molecule has 4 rings (SSSR count). The number of anilines is 2. The normalized spacial score (nSPS) is 11.0. The Kier molecular flexibility index (Phi) is 4.07. The van der Waals surface area contributed by atoms with Gasteiger partial charge in [0.05, 0.1) is 0 Å². The number of hydrogen-bond donors (Lipinski definition) is 1. The van der Waals surface area contributed by atoms with Crippen LogP contribution in [0.25, 0.3) is 17.0 Å². The van der Waals surface area contributed by atoms with E-state index in [9.17, 15) is 0 Å². The summed E-state index contributed by atoms with van der Waals surface area (Å²) in [5, 5.41) is 4.82. The summed E-state index contributed by atoms with van der Waals surface area (Å²) >= 11 is 12.3. The maximum atomic E-state index is 6.26. The van der Waals surface area contributed by atoms with Crippen molar-refractivity contribution in [3.8, 4) is 11.3 Å². The molecule has 0 aliphatic carbocycles. The van der Waals surface area contributed by atoms with Crippen LogP contribution in [-0.4, -0.2) is 14.4 Å². The van der Waals surface area contributed by atoms with Gasteiger partial charge in [0.2, 0.25) is 5.78 Å². The number of nitrogens with one attached hydrogen (secondary N) is 1. The van der Waals surface area contributed by atoms with E-state index in [0.717, 1.165) is 28.3 Å². The number of benzene rings is 2. The van der Waals surface area contributed by atoms with Crippen LogP contribution in [0, 0.1) is 6.92 Å². The first kappa shape index (κ1) is 15.9. The van der Waals surface area contributed by atoms with E-state index >= 15 is 0 Å². The fraction of sp³-hybridized carbons (Fsp3) is 0.0526. The number of fused-ring (bicyclic) bond motifs is 1. The Bertz CT molecular complexity index is 1050. The third-order valence-electron chi connectivity index (χ3n) is 3.96. The molecule has 4 nitrogen and oxygen atoms in total. The van der Waals surface area contributed by atoms with Crippen molar-refractivity contribution in [1.29, 1.82) is 0 Å². The minimum atomic E-state index is 0.619. The Morgan fingerprint density at radius 1 is 1.04 bits per heavy atom. The van der Waals surface area contributed by atoms with Gasteiger partial charge in [-0.15, -0.1) is 0 Å². The maximum Gasteiger partial charge on any atom is 0.235 e.